The number of imidazole rings is 1. The third-order valence-corrected chi connectivity index (χ3v) is 3.42. The van der Waals surface area contributed by atoms with Crippen LogP contribution in [0.25, 0.3) is 0 Å². The third kappa shape index (κ3) is 2.77. The minimum atomic E-state index is 0.331. The molecule has 0 atom stereocenters. The molecule has 6 nitrogen and oxygen atoms in total. The van der Waals surface area contributed by atoms with Crippen molar-refractivity contribution in [2.75, 3.05) is 11.9 Å². The quantitative estimate of drug-likeness (QED) is 0.909. The molecule has 0 radical (unpaired) electrons. The second-order valence-corrected chi connectivity index (χ2v) is 4.89. The highest BCUT2D eigenvalue weighted by Gasteiger charge is 2.11. The van der Waals surface area contributed by atoms with Crippen molar-refractivity contribution in [3.8, 4) is 6.07 Å². The van der Waals surface area contributed by atoms with Crippen molar-refractivity contribution in [1.29, 1.82) is 5.26 Å². The molecule has 0 unspecified atom stereocenters. The van der Waals surface area contributed by atoms with Crippen LogP contribution < -0.4 is 5.32 Å². The maximum atomic E-state index is 8.65. The molecule has 1 N–H and O–H groups in total. The van der Waals surface area contributed by atoms with Crippen LogP contribution in [0.3, 0.4) is 0 Å². The van der Waals surface area contributed by atoms with Gasteiger partial charge in [-0.25, -0.2) is 4.98 Å². The molecule has 20 heavy (non-hydrogen) atoms. The summed E-state index contributed by atoms with van der Waals surface area (Å²) < 4.78 is 2.26. The molecule has 0 saturated heterocycles. The van der Waals surface area contributed by atoms with Gasteiger partial charge in [-0.15, -0.1) is 10.2 Å². The molecule has 3 heterocycles. The van der Waals surface area contributed by atoms with Crippen LogP contribution >= 0.6 is 0 Å². The van der Waals surface area contributed by atoms with E-state index < -0.39 is 0 Å². The van der Waals surface area contributed by atoms with Crippen molar-refractivity contribution in [2.24, 2.45) is 0 Å². The van der Waals surface area contributed by atoms with Crippen molar-refractivity contribution >= 4 is 5.82 Å². The Morgan fingerprint density at radius 1 is 1.30 bits per heavy atom. The Labute approximate surface area is 117 Å². The van der Waals surface area contributed by atoms with E-state index in [0.29, 0.717) is 11.5 Å². The molecule has 0 fully saturated rings. The average molecular weight is 268 g/mol. The lowest BCUT2D eigenvalue weighted by Crippen LogP contribution is -2.08. The zero-order valence-electron chi connectivity index (χ0n) is 11.2. The molecule has 2 aromatic heterocycles. The van der Waals surface area contributed by atoms with E-state index in [1.807, 2.05) is 6.07 Å². The van der Waals surface area contributed by atoms with Gasteiger partial charge in [-0.1, -0.05) is 0 Å². The van der Waals surface area contributed by atoms with Gasteiger partial charge in [-0.2, -0.15) is 5.26 Å². The standard InChI is InChI=1S/C14H16N6/c15-9-11-4-5-13(19-18-11)16-7-6-12-10-20-8-2-1-3-14(20)17-12/h4-5,10H,1-3,6-8H2,(H,16,19). The van der Waals surface area contributed by atoms with Crippen LogP contribution in [0.2, 0.25) is 0 Å². The van der Waals surface area contributed by atoms with Crippen LogP contribution in [0, 0.1) is 11.3 Å². The molecule has 0 aromatic carbocycles. The second-order valence-electron chi connectivity index (χ2n) is 4.89. The molecule has 0 spiro atoms. The van der Waals surface area contributed by atoms with E-state index in [0.717, 1.165) is 31.6 Å². The number of fused-ring (bicyclic) bond motifs is 1. The molecule has 3 rings (SSSR count). The first-order valence-corrected chi connectivity index (χ1v) is 6.88. The highest BCUT2D eigenvalue weighted by molar-refractivity contribution is 5.35. The molecule has 0 amide bonds. The fraction of sp³-hybridized carbons (Fsp3) is 0.429. The third-order valence-electron chi connectivity index (χ3n) is 3.42. The maximum Gasteiger partial charge on any atom is 0.163 e. The van der Waals surface area contributed by atoms with Gasteiger partial charge in [0.05, 0.1) is 5.69 Å². The molecule has 102 valence electrons. The van der Waals surface area contributed by atoms with Crippen molar-refractivity contribution in [1.82, 2.24) is 19.7 Å². The van der Waals surface area contributed by atoms with Crippen molar-refractivity contribution in [2.45, 2.75) is 32.2 Å². The molecule has 0 bridgehead atoms. The first kappa shape index (κ1) is 12.6. The normalized spacial score (nSPS) is 13.6. The van der Waals surface area contributed by atoms with Crippen LogP contribution in [0.5, 0.6) is 0 Å². The van der Waals surface area contributed by atoms with Crippen molar-refractivity contribution in [3.05, 3.63) is 35.5 Å². The summed E-state index contributed by atoms with van der Waals surface area (Å²) in [6, 6.07) is 5.37. The van der Waals surface area contributed by atoms with Crippen molar-refractivity contribution in [3.63, 3.8) is 0 Å². The number of hydrogen-bond acceptors (Lipinski definition) is 5. The van der Waals surface area contributed by atoms with E-state index in [9.17, 15) is 0 Å². The van der Waals surface area contributed by atoms with Gasteiger partial charge in [0.2, 0.25) is 0 Å². The van der Waals surface area contributed by atoms with Gasteiger partial charge in [-0.05, 0) is 25.0 Å². The monoisotopic (exact) mass is 268 g/mol. The summed E-state index contributed by atoms with van der Waals surface area (Å²) in [6.07, 6.45) is 6.61. The minimum Gasteiger partial charge on any atom is -0.368 e. The number of nitrogens with zero attached hydrogens (tertiary/aromatic N) is 5. The van der Waals surface area contributed by atoms with Crippen LogP contribution in [-0.4, -0.2) is 26.3 Å². The lowest BCUT2D eigenvalue weighted by molar-refractivity contribution is 0.522. The fourth-order valence-corrected chi connectivity index (χ4v) is 2.40. The van der Waals surface area contributed by atoms with Gasteiger partial charge in [0, 0.05) is 32.1 Å². The van der Waals surface area contributed by atoms with Crippen LogP contribution in [0.1, 0.15) is 30.1 Å². The maximum absolute atomic E-state index is 8.65. The molecular formula is C14H16N6. The number of anilines is 1. The SMILES string of the molecule is N#Cc1ccc(NCCc2cn3c(n2)CCCC3)nn1. The summed E-state index contributed by atoms with van der Waals surface area (Å²) in [4.78, 5) is 4.65. The largest absolute Gasteiger partial charge is 0.368 e. The molecule has 0 saturated carbocycles. The van der Waals surface area contributed by atoms with E-state index in [-0.39, 0.29) is 0 Å². The topological polar surface area (TPSA) is 79.4 Å². The summed E-state index contributed by atoms with van der Waals surface area (Å²) >= 11 is 0. The van der Waals surface area contributed by atoms with Gasteiger partial charge < -0.3 is 9.88 Å². The molecule has 0 aliphatic carbocycles. The van der Waals surface area contributed by atoms with E-state index in [1.165, 1.54) is 18.7 Å². The lowest BCUT2D eigenvalue weighted by Gasteiger charge is -2.11. The summed E-state index contributed by atoms with van der Waals surface area (Å²) in [6.45, 7) is 1.86. The highest BCUT2D eigenvalue weighted by atomic mass is 15.2. The average Bonchev–Trinajstić information content (AvgIpc) is 2.90. The lowest BCUT2D eigenvalue weighted by atomic mass is 10.2. The molecule has 6 heteroatoms. The second kappa shape index (κ2) is 5.70. The summed E-state index contributed by atoms with van der Waals surface area (Å²) in [5, 5.41) is 19.6. The van der Waals surface area contributed by atoms with Gasteiger partial charge in [-0.3, -0.25) is 0 Å². The van der Waals surface area contributed by atoms with E-state index in [4.69, 9.17) is 5.26 Å². The van der Waals surface area contributed by atoms with Crippen LogP contribution in [0.4, 0.5) is 5.82 Å². The van der Waals surface area contributed by atoms with Crippen molar-refractivity contribution < 1.29 is 0 Å². The first-order valence-electron chi connectivity index (χ1n) is 6.88. The number of aryl methyl sites for hydroxylation is 2. The predicted octanol–water partition coefficient (Wildman–Crippen LogP) is 1.54. The Bertz CT molecular complexity index is 599. The van der Waals surface area contributed by atoms with E-state index in [2.05, 4.69) is 31.3 Å². The number of hydrogen-bond donors (Lipinski definition) is 1. The minimum absolute atomic E-state index is 0.331. The smallest absolute Gasteiger partial charge is 0.163 e. The molecule has 1 aliphatic heterocycles. The van der Waals surface area contributed by atoms with Gasteiger partial charge >= 0.3 is 0 Å². The number of nitrogens with one attached hydrogen (secondary N) is 1. The van der Waals surface area contributed by atoms with Crippen LogP contribution in [-0.2, 0) is 19.4 Å². The van der Waals surface area contributed by atoms with Crippen LogP contribution in [0.15, 0.2) is 18.3 Å². The number of rotatable bonds is 4. The Morgan fingerprint density at radius 2 is 2.25 bits per heavy atom. The molecular weight excluding hydrogens is 252 g/mol. The van der Waals surface area contributed by atoms with Gasteiger partial charge in [0.15, 0.2) is 5.69 Å². The fourth-order valence-electron chi connectivity index (χ4n) is 2.40. The number of nitriles is 1. The summed E-state index contributed by atoms with van der Waals surface area (Å²) in [5.41, 5.74) is 1.45. The predicted molar refractivity (Wildman–Crippen MR) is 74.1 cm³/mol. The van der Waals surface area contributed by atoms with Gasteiger partial charge in [0.25, 0.3) is 0 Å². The Kier molecular flexibility index (Phi) is 3.59. The van der Waals surface area contributed by atoms with E-state index in [1.54, 1.807) is 12.1 Å². The Hall–Kier alpha value is -2.42. The van der Waals surface area contributed by atoms with Gasteiger partial charge in [0.1, 0.15) is 17.7 Å². The van der Waals surface area contributed by atoms with E-state index >= 15 is 0 Å². The Morgan fingerprint density at radius 3 is 3.00 bits per heavy atom. The molecule has 1 aliphatic rings. The summed E-state index contributed by atoms with van der Waals surface area (Å²) in [7, 11) is 0. The molecule has 2 aromatic rings. The zero-order valence-corrected chi connectivity index (χ0v) is 11.2. The highest BCUT2D eigenvalue weighted by Crippen LogP contribution is 2.14. The summed E-state index contributed by atoms with van der Waals surface area (Å²) in [5.74, 6) is 1.90. The Balaban J connectivity index is 1.54. The first-order chi connectivity index (χ1) is 9.85. The zero-order chi connectivity index (χ0) is 13.8. The number of aromatic nitrogens is 4.